The average molecular weight is 269 g/mol. The number of benzene rings is 1. The van der Waals surface area contributed by atoms with Crippen LogP contribution < -0.4 is 0 Å². The van der Waals surface area contributed by atoms with E-state index in [1.807, 2.05) is 11.1 Å². The van der Waals surface area contributed by atoms with Crippen molar-refractivity contribution in [2.75, 3.05) is 6.54 Å². The Kier molecular flexibility index (Phi) is 3.54. The number of amides is 1. The van der Waals surface area contributed by atoms with Crippen molar-refractivity contribution >= 4 is 6.41 Å². The average Bonchev–Trinajstić information content (AvgIpc) is 2.97. The first-order valence-electron chi connectivity index (χ1n) is 7.11. The van der Waals surface area contributed by atoms with Gasteiger partial charge in [0, 0.05) is 6.54 Å². The molecule has 0 radical (unpaired) electrons. The van der Waals surface area contributed by atoms with Crippen molar-refractivity contribution in [3.63, 3.8) is 0 Å². The first-order valence-corrected chi connectivity index (χ1v) is 7.11. The minimum Gasteiger partial charge on any atom is -0.340 e. The summed E-state index contributed by atoms with van der Waals surface area (Å²) in [7, 11) is 0. The number of likely N-dealkylation sites (tertiary alicyclic amines) is 1. The molecule has 1 aromatic carbocycles. The summed E-state index contributed by atoms with van der Waals surface area (Å²) in [5.41, 5.74) is 3.38. The van der Waals surface area contributed by atoms with E-state index in [0.29, 0.717) is 0 Å². The van der Waals surface area contributed by atoms with Crippen molar-refractivity contribution in [1.82, 2.24) is 14.9 Å². The van der Waals surface area contributed by atoms with Gasteiger partial charge in [-0.05, 0) is 31.7 Å². The molecular weight excluding hydrogens is 250 g/mol. The molecule has 0 spiro atoms. The van der Waals surface area contributed by atoms with Crippen LogP contribution in [0, 0.1) is 6.92 Å². The van der Waals surface area contributed by atoms with E-state index in [2.05, 4.69) is 41.2 Å². The van der Waals surface area contributed by atoms with E-state index < -0.39 is 0 Å². The third-order valence-corrected chi connectivity index (χ3v) is 3.95. The maximum atomic E-state index is 11.1. The number of aryl methyl sites for hydroxylation is 1. The van der Waals surface area contributed by atoms with Crippen LogP contribution in [-0.4, -0.2) is 27.8 Å². The van der Waals surface area contributed by atoms with E-state index in [4.69, 9.17) is 0 Å². The minimum absolute atomic E-state index is 0.0976. The second-order valence-electron chi connectivity index (χ2n) is 5.40. The lowest BCUT2D eigenvalue weighted by Crippen LogP contribution is -2.32. The number of hydrogen-bond acceptors (Lipinski definition) is 2. The van der Waals surface area contributed by atoms with Gasteiger partial charge in [0.1, 0.15) is 5.82 Å². The van der Waals surface area contributed by atoms with Crippen LogP contribution in [0.5, 0.6) is 0 Å². The number of nitrogens with zero attached hydrogens (tertiary/aromatic N) is 2. The van der Waals surface area contributed by atoms with Gasteiger partial charge in [0.25, 0.3) is 0 Å². The monoisotopic (exact) mass is 269 g/mol. The molecular formula is C16H19N3O. The predicted octanol–water partition coefficient (Wildman–Crippen LogP) is 3.07. The highest BCUT2D eigenvalue weighted by Gasteiger charge is 2.25. The quantitative estimate of drug-likeness (QED) is 0.871. The lowest BCUT2D eigenvalue weighted by Gasteiger charge is -2.31. The summed E-state index contributed by atoms with van der Waals surface area (Å²) in [5, 5.41) is 0. The number of carbonyl (C=O) groups excluding carboxylic acids is 1. The first-order chi connectivity index (χ1) is 9.78. The molecule has 1 fully saturated rings. The molecule has 0 bridgehead atoms. The number of hydrogen-bond donors (Lipinski definition) is 1. The summed E-state index contributed by atoms with van der Waals surface area (Å²) in [6.45, 7) is 2.90. The van der Waals surface area contributed by atoms with Gasteiger partial charge < -0.3 is 9.88 Å². The molecule has 20 heavy (non-hydrogen) atoms. The van der Waals surface area contributed by atoms with Crippen LogP contribution in [0.2, 0.25) is 0 Å². The lowest BCUT2D eigenvalue weighted by atomic mass is 10.0. The lowest BCUT2D eigenvalue weighted by molar-refractivity contribution is -0.121. The third kappa shape index (κ3) is 2.46. The zero-order chi connectivity index (χ0) is 13.9. The molecule has 1 amide bonds. The molecule has 1 saturated heterocycles. The Morgan fingerprint density at radius 2 is 2.10 bits per heavy atom. The van der Waals surface area contributed by atoms with Crippen molar-refractivity contribution in [3.05, 3.63) is 41.9 Å². The number of aromatic nitrogens is 2. The number of aromatic amines is 1. The second kappa shape index (κ2) is 5.49. The van der Waals surface area contributed by atoms with Gasteiger partial charge in [0.15, 0.2) is 0 Å². The Morgan fingerprint density at radius 1 is 1.30 bits per heavy atom. The molecule has 2 heterocycles. The molecule has 1 atom stereocenters. The number of piperidine rings is 1. The highest BCUT2D eigenvalue weighted by Crippen LogP contribution is 2.29. The van der Waals surface area contributed by atoms with Crippen LogP contribution >= 0.6 is 0 Å². The Bertz CT molecular complexity index is 588. The van der Waals surface area contributed by atoms with Gasteiger partial charge in [0.2, 0.25) is 6.41 Å². The summed E-state index contributed by atoms with van der Waals surface area (Å²) >= 11 is 0. The first kappa shape index (κ1) is 12.9. The topological polar surface area (TPSA) is 49.0 Å². The summed E-state index contributed by atoms with van der Waals surface area (Å²) in [4.78, 5) is 20.8. The van der Waals surface area contributed by atoms with Crippen LogP contribution in [0.15, 0.2) is 30.5 Å². The molecule has 0 aliphatic carbocycles. The smallest absolute Gasteiger partial charge is 0.210 e. The van der Waals surface area contributed by atoms with Crippen LogP contribution in [-0.2, 0) is 4.79 Å². The molecule has 1 aromatic heterocycles. The second-order valence-corrected chi connectivity index (χ2v) is 5.40. The van der Waals surface area contributed by atoms with E-state index in [1.165, 1.54) is 5.56 Å². The summed E-state index contributed by atoms with van der Waals surface area (Å²) in [6.07, 6.45) is 6.02. The zero-order valence-corrected chi connectivity index (χ0v) is 11.7. The van der Waals surface area contributed by atoms with Gasteiger partial charge in [-0.2, -0.15) is 0 Å². The molecule has 4 heteroatoms. The number of carbonyl (C=O) groups is 1. The van der Waals surface area contributed by atoms with Gasteiger partial charge in [-0.3, -0.25) is 4.79 Å². The van der Waals surface area contributed by atoms with E-state index >= 15 is 0 Å². The largest absolute Gasteiger partial charge is 0.340 e. The number of imidazole rings is 1. The van der Waals surface area contributed by atoms with E-state index in [0.717, 1.165) is 49.3 Å². The van der Waals surface area contributed by atoms with Crippen molar-refractivity contribution < 1.29 is 4.79 Å². The fraction of sp³-hybridized carbons (Fsp3) is 0.375. The van der Waals surface area contributed by atoms with E-state index in [-0.39, 0.29) is 6.04 Å². The number of H-pyrrole nitrogens is 1. The highest BCUT2D eigenvalue weighted by molar-refractivity contribution is 5.59. The Hall–Kier alpha value is -2.10. The molecule has 1 N–H and O–H groups in total. The standard InChI is InChI=1S/C16H19N3O/c1-12-5-7-13(8-6-12)14-10-17-16(18-14)15-4-2-3-9-19(15)11-20/h5-8,10-11,15H,2-4,9H2,1H3,(H,17,18). The molecule has 4 nitrogen and oxygen atoms in total. The molecule has 104 valence electrons. The molecule has 2 aromatic rings. The molecule has 1 aliphatic rings. The van der Waals surface area contributed by atoms with Gasteiger partial charge in [-0.25, -0.2) is 4.98 Å². The van der Waals surface area contributed by atoms with Gasteiger partial charge in [-0.1, -0.05) is 29.8 Å². The van der Waals surface area contributed by atoms with Gasteiger partial charge in [0.05, 0.1) is 17.9 Å². The third-order valence-electron chi connectivity index (χ3n) is 3.95. The van der Waals surface area contributed by atoms with Crippen LogP contribution in [0.1, 0.15) is 36.7 Å². The SMILES string of the molecule is Cc1ccc(-c2cnc(C3CCCCN3C=O)[nH]2)cc1. The van der Waals surface area contributed by atoms with E-state index in [1.54, 1.807) is 0 Å². The van der Waals surface area contributed by atoms with E-state index in [9.17, 15) is 4.79 Å². The summed E-state index contributed by atoms with van der Waals surface area (Å²) in [5.74, 6) is 0.896. The Morgan fingerprint density at radius 3 is 2.85 bits per heavy atom. The fourth-order valence-corrected chi connectivity index (χ4v) is 2.76. The van der Waals surface area contributed by atoms with Gasteiger partial charge in [-0.15, -0.1) is 0 Å². The van der Waals surface area contributed by atoms with Crippen LogP contribution in [0.4, 0.5) is 0 Å². The summed E-state index contributed by atoms with van der Waals surface area (Å²) < 4.78 is 0. The predicted molar refractivity (Wildman–Crippen MR) is 78.1 cm³/mol. The minimum atomic E-state index is 0.0976. The molecule has 1 unspecified atom stereocenters. The maximum Gasteiger partial charge on any atom is 0.210 e. The van der Waals surface area contributed by atoms with Crippen LogP contribution in [0.3, 0.4) is 0 Å². The number of rotatable bonds is 3. The van der Waals surface area contributed by atoms with Crippen molar-refractivity contribution in [1.29, 1.82) is 0 Å². The molecule has 1 aliphatic heterocycles. The normalized spacial score (nSPS) is 19.1. The zero-order valence-electron chi connectivity index (χ0n) is 11.7. The van der Waals surface area contributed by atoms with Crippen LogP contribution in [0.25, 0.3) is 11.3 Å². The Balaban J connectivity index is 1.85. The summed E-state index contributed by atoms with van der Waals surface area (Å²) in [6, 6.07) is 8.46. The highest BCUT2D eigenvalue weighted by atomic mass is 16.1. The maximum absolute atomic E-state index is 11.1. The Labute approximate surface area is 118 Å². The fourth-order valence-electron chi connectivity index (χ4n) is 2.76. The van der Waals surface area contributed by atoms with Gasteiger partial charge >= 0.3 is 0 Å². The number of nitrogens with one attached hydrogen (secondary N) is 1. The van der Waals surface area contributed by atoms with Crippen molar-refractivity contribution in [2.45, 2.75) is 32.2 Å². The molecule has 0 saturated carbocycles. The van der Waals surface area contributed by atoms with Crippen molar-refractivity contribution in [2.24, 2.45) is 0 Å². The van der Waals surface area contributed by atoms with Crippen molar-refractivity contribution in [3.8, 4) is 11.3 Å². The molecule has 3 rings (SSSR count).